The van der Waals surface area contributed by atoms with Crippen LogP contribution in [0.2, 0.25) is 0 Å². The molecule has 1 atom stereocenters. The first-order valence-electron chi connectivity index (χ1n) is 6.36. The smallest absolute Gasteiger partial charge is 0.188 e. The number of nitrogens with one attached hydrogen (secondary N) is 1. The summed E-state index contributed by atoms with van der Waals surface area (Å²) < 4.78 is 0.336. The molecule has 3 N–H and O–H groups in total. The van der Waals surface area contributed by atoms with Crippen molar-refractivity contribution in [2.45, 2.75) is 43.8 Å². The average Bonchev–Trinajstić information content (AvgIpc) is 2.61. The summed E-state index contributed by atoms with van der Waals surface area (Å²) in [5.41, 5.74) is 5.87. The van der Waals surface area contributed by atoms with Gasteiger partial charge in [-0.1, -0.05) is 6.42 Å². The number of guanidine groups is 1. The molecule has 1 aliphatic heterocycles. The Hall–Kier alpha value is -0.380. The van der Waals surface area contributed by atoms with Gasteiger partial charge in [0.1, 0.15) is 0 Å². The summed E-state index contributed by atoms with van der Waals surface area (Å²) >= 11 is 2.04. The summed E-state index contributed by atoms with van der Waals surface area (Å²) in [4.78, 5) is 4.47. The van der Waals surface area contributed by atoms with Crippen molar-refractivity contribution in [2.24, 2.45) is 16.6 Å². The number of aliphatic imine (C=N–C) groups is 1. The molecule has 0 amide bonds. The van der Waals surface area contributed by atoms with Crippen LogP contribution in [0.15, 0.2) is 4.99 Å². The van der Waals surface area contributed by atoms with Crippen LogP contribution in [0.1, 0.15) is 39.0 Å². The summed E-state index contributed by atoms with van der Waals surface area (Å²) in [6.07, 6.45) is 6.70. The van der Waals surface area contributed by atoms with E-state index in [1.54, 1.807) is 0 Å². The molecule has 0 aromatic rings. The molecule has 16 heavy (non-hydrogen) atoms. The van der Waals surface area contributed by atoms with Crippen molar-refractivity contribution < 1.29 is 0 Å². The molecular formula is C12H23N3S. The van der Waals surface area contributed by atoms with Gasteiger partial charge in [0.25, 0.3) is 0 Å². The fourth-order valence-electron chi connectivity index (χ4n) is 2.22. The van der Waals surface area contributed by atoms with Crippen LogP contribution >= 0.6 is 11.8 Å². The van der Waals surface area contributed by atoms with Crippen molar-refractivity contribution in [3.8, 4) is 0 Å². The predicted molar refractivity (Wildman–Crippen MR) is 71.9 cm³/mol. The fourth-order valence-corrected chi connectivity index (χ4v) is 3.44. The molecule has 2 aliphatic rings. The standard InChI is InChI=1S/C12H23N3S/c1-12(6-3-7-16-12)9-15-11(13)14-8-10-4-2-5-10/h10H,2-9H2,1H3,(H3,13,14,15). The minimum absolute atomic E-state index is 0.336. The van der Waals surface area contributed by atoms with Crippen LogP contribution in [0.3, 0.4) is 0 Å². The van der Waals surface area contributed by atoms with E-state index in [4.69, 9.17) is 5.73 Å². The Bertz CT molecular complexity index is 255. The molecule has 1 unspecified atom stereocenters. The average molecular weight is 241 g/mol. The van der Waals surface area contributed by atoms with Crippen molar-refractivity contribution in [3.05, 3.63) is 0 Å². The van der Waals surface area contributed by atoms with Gasteiger partial charge < -0.3 is 11.1 Å². The number of hydrogen-bond acceptors (Lipinski definition) is 2. The Labute approximate surface area is 103 Å². The second kappa shape index (κ2) is 5.30. The maximum absolute atomic E-state index is 5.87. The molecule has 3 nitrogen and oxygen atoms in total. The topological polar surface area (TPSA) is 50.4 Å². The van der Waals surface area contributed by atoms with Gasteiger partial charge in [-0.15, -0.1) is 0 Å². The van der Waals surface area contributed by atoms with E-state index in [0.717, 1.165) is 19.0 Å². The van der Waals surface area contributed by atoms with E-state index in [-0.39, 0.29) is 0 Å². The van der Waals surface area contributed by atoms with Gasteiger partial charge >= 0.3 is 0 Å². The molecule has 2 rings (SSSR count). The van der Waals surface area contributed by atoms with E-state index in [0.29, 0.717) is 10.7 Å². The van der Waals surface area contributed by atoms with Gasteiger partial charge in [0.05, 0.1) is 6.54 Å². The lowest BCUT2D eigenvalue weighted by Gasteiger charge is -2.26. The second-order valence-electron chi connectivity index (χ2n) is 5.28. The molecule has 0 aromatic heterocycles. The third-order valence-corrected chi connectivity index (χ3v) is 5.20. The Morgan fingerprint density at radius 3 is 2.88 bits per heavy atom. The highest BCUT2D eigenvalue weighted by Crippen LogP contribution is 2.37. The van der Waals surface area contributed by atoms with Gasteiger partial charge in [-0.3, -0.25) is 4.99 Å². The molecule has 1 heterocycles. The van der Waals surface area contributed by atoms with Crippen LogP contribution in [0, 0.1) is 5.92 Å². The summed E-state index contributed by atoms with van der Waals surface area (Å²) in [6.45, 7) is 4.17. The lowest BCUT2D eigenvalue weighted by molar-refractivity contribution is 0.315. The van der Waals surface area contributed by atoms with E-state index in [1.807, 2.05) is 11.8 Å². The van der Waals surface area contributed by atoms with Crippen LogP contribution in [0.5, 0.6) is 0 Å². The van der Waals surface area contributed by atoms with Crippen molar-refractivity contribution >= 4 is 17.7 Å². The number of nitrogens with two attached hydrogens (primary N) is 1. The lowest BCUT2D eigenvalue weighted by atomic mass is 9.85. The van der Waals surface area contributed by atoms with Crippen molar-refractivity contribution in [1.82, 2.24) is 5.32 Å². The largest absolute Gasteiger partial charge is 0.370 e. The van der Waals surface area contributed by atoms with E-state index in [9.17, 15) is 0 Å². The lowest BCUT2D eigenvalue weighted by Crippen LogP contribution is -2.38. The quantitative estimate of drug-likeness (QED) is 0.584. The molecule has 2 fully saturated rings. The normalized spacial score (nSPS) is 31.4. The van der Waals surface area contributed by atoms with E-state index < -0.39 is 0 Å². The molecule has 4 heteroatoms. The Kier molecular flexibility index (Phi) is 4.00. The molecule has 1 saturated heterocycles. The van der Waals surface area contributed by atoms with E-state index >= 15 is 0 Å². The molecule has 0 radical (unpaired) electrons. The third-order valence-electron chi connectivity index (χ3n) is 3.68. The van der Waals surface area contributed by atoms with Gasteiger partial charge in [0, 0.05) is 11.3 Å². The first-order valence-corrected chi connectivity index (χ1v) is 7.34. The summed E-state index contributed by atoms with van der Waals surface area (Å²) in [5, 5.41) is 3.24. The molecular weight excluding hydrogens is 218 g/mol. The Morgan fingerprint density at radius 2 is 2.31 bits per heavy atom. The zero-order chi connectivity index (χ0) is 11.4. The zero-order valence-corrected chi connectivity index (χ0v) is 11.0. The first kappa shape index (κ1) is 12.1. The van der Waals surface area contributed by atoms with Crippen molar-refractivity contribution in [1.29, 1.82) is 0 Å². The number of rotatable bonds is 4. The van der Waals surface area contributed by atoms with Crippen LogP contribution < -0.4 is 11.1 Å². The molecule has 1 saturated carbocycles. The van der Waals surface area contributed by atoms with Gasteiger partial charge in [0.15, 0.2) is 5.96 Å². The maximum Gasteiger partial charge on any atom is 0.188 e. The van der Waals surface area contributed by atoms with Crippen LogP contribution in [-0.2, 0) is 0 Å². The Morgan fingerprint density at radius 1 is 1.50 bits per heavy atom. The highest BCUT2D eigenvalue weighted by molar-refractivity contribution is 8.00. The minimum Gasteiger partial charge on any atom is -0.370 e. The maximum atomic E-state index is 5.87. The zero-order valence-electron chi connectivity index (χ0n) is 10.2. The number of nitrogens with zero attached hydrogens (tertiary/aromatic N) is 1. The van der Waals surface area contributed by atoms with Gasteiger partial charge in [-0.05, 0) is 44.3 Å². The second-order valence-corrected chi connectivity index (χ2v) is 6.96. The van der Waals surface area contributed by atoms with Crippen LogP contribution in [-0.4, -0.2) is 29.5 Å². The van der Waals surface area contributed by atoms with E-state index in [2.05, 4.69) is 17.2 Å². The van der Waals surface area contributed by atoms with Crippen molar-refractivity contribution in [2.75, 3.05) is 18.8 Å². The highest BCUT2D eigenvalue weighted by atomic mass is 32.2. The van der Waals surface area contributed by atoms with E-state index in [1.165, 1.54) is 37.9 Å². The predicted octanol–water partition coefficient (Wildman–Crippen LogP) is 1.98. The summed E-state index contributed by atoms with van der Waals surface area (Å²) in [7, 11) is 0. The summed E-state index contributed by atoms with van der Waals surface area (Å²) in [6, 6.07) is 0. The highest BCUT2D eigenvalue weighted by Gasteiger charge is 2.29. The first-order chi connectivity index (χ1) is 7.68. The van der Waals surface area contributed by atoms with Gasteiger partial charge in [-0.25, -0.2) is 0 Å². The van der Waals surface area contributed by atoms with Gasteiger partial charge in [0.2, 0.25) is 0 Å². The third kappa shape index (κ3) is 3.30. The Balaban J connectivity index is 1.68. The summed E-state index contributed by atoms with van der Waals surface area (Å²) in [5.74, 6) is 2.76. The van der Waals surface area contributed by atoms with Crippen molar-refractivity contribution in [3.63, 3.8) is 0 Å². The van der Waals surface area contributed by atoms with Crippen LogP contribution in [0.4, 0.5) is 0 Å². The number of thioether (sulfide) groups is 1. The molecule has 92 valence electrons. The molecule has 1 aliphatic carbocycles. The monoisotopic (exact) mass is 241 g/mol. The molecule has 0 bridgehead atoms. The minimum atomic E-state index is 0.336. The molecule has 0 spiro atoms. The van der Waals surface area contributed by atoms with Gasteiger partial charge in [-0.2, -0.15) is 11.8 Å². The fraction of sp³-hybridized carbons (Fsp3) is 0.917. The molecule has 0 aromatic carbocycles. The van der Waals surface area contributed by atoms with Crippen LogP contribution in [0.25, 0.3) is 0 Å². The number of hydrogen-bond donors (Lipinski definition) is 2. The SMILES string of the molecule is CC1(CN=C(N)NCC2CCC2)CCCS1.